The van der Waals surface area contributed by atoms with Crippen molar-refractivity contribution in [1.29, 1.82) is 0 Å². The van der Waals surface area contributed by atoms with Crippen LogP contribution in [0.25, 0.3) is 5.57 Å². The number of carbonyl (C=O) groups is 1. The Bertz CT molecular complexity index is 603. The standard InChI is InChI=1S/C17H19IO2/c1-11-15(20)5-7-17(6-2-8-18)10-12-9-13(19)3-4-14(12)16(11)17/h3-4,9,19H,2,5-8,10H2,1H3. The number of benzene rings is 1. The summed E-state index contributed by atoms with van der Waals surface area (Å²) in [5, 5.41) is 9.72. The van der Waals surface area contributed by atoms with Crippen molar-refractivity contribution in [3.05, 3.63) is 34.9 Å². The minimum absolute atomic E-state index is 0.138. The zero-order valence-corrected chi connectivity index (χ0v) is 13.9. The van der Waals surface area contributed by atoms with Crippen molar-refractivity contribution in [3.63, 3.8) is 0 Å². The molecule has 0 saturated heterocycles. The number of halogens is 1. The summed E-state index contributed by atoms with van der Waals surface area (Å²) in [6.45, 7) is 1.98. The number of Topliss-reactive ketones (excluding diaryl/α,β-unsaturated/α-hetero) is 1. The number of hydrogen-bond donors (Lipinski definition) is 1. The van der Waals surface area contributed by atoms with Crippen molar-refractivity contribution in [1.82, 2.24) is 0 Å². The Morgan fingerprint density at radius 2 is 2.20 bits per heavy atom. The Balaban J connectivity index is 2.14. The van der Waals surface area contributed by atoms with E-state index in [2.05, 4.69) is 22.6 Å². The second-order valence-electron chi connectivity index (χ2n) is 6.01. The van der Waals surface area contributed by atoms with Crippen LogP contribution < -0.4 is 0 Å². The molecule has 1 atom stereocenters. The average molecular weight is 382 g/mol. The number of alkyl halides is 1. The molecule has 0 spiro atoms. The molecule has 0 heterocycles. The number of allylic oxidation sites excluding steroid dienone is 2. The first-order valence-corrected chi connectivity index (χ1v) is 8.73. The Labute approximate surface area is 133 Å². The maximum atomic E-state index is 12.1. The molecule has 0 fully saturated rings. The molecule has 3 rings (SSSR count). The number of fused-ring (bicyclic) bond motifs is 3. The molecule has 1 N–H and O–H groups in total. The number of carbonyl (C=O) groups excluding carboxylic acids is 1. The van der Waals surface area contributed by atoms with Gasteiger partial charge in [0.1, 0.15) is 5.75 Å². The molecule has 0 saturated carbocycles. The number of ketones is 1. The summed E-state index contributed by atoms with van der Waals surface area (Å²) in [4.78, 5) is 12.1. The van der Waals surface area contributed by atoms with E-state index >= 15 is 0 Å². The molecule has 0 bridgehead atoms. The summed E-state index contributed by atoms with van der Waals surface area (Å²) in [7, 11) is 0. The molecule has 1 aromatic carbocycles. The quantitative estimate of drug-likeness (QED) is 0.626. The van der Waals surface area contributed by atoms with Crippen LogP contribution in [0, 0.1) is 5.41 Å². The maximum absolute atomic E-state index is 12.1. The predicted octanol–water partition coefficient (Wildman–Crippen LogP) is 4.29. The fraction of sp³-hybridized carbons (Fsp3) is 0.471. The summed E-state index contributed by atoms with van der Waals surface area (Å²) in [6, 6.07) is 5.62. The summed E-state index contributed by atoms with van der Waals surface area (Å²) in [5.74, 6) is 0.627. The second kappa shape index (κ2) is 5.17. The van der Waals surface area contributed by atoms with Gasteiger partial charge in [0.2, 0.25) is 0 Å². The van der Waals surface area contributed by atoms with Crippen molar-refractivity contribution in [2.24, 2.45) is 5.41 Å². The van der Waals surface area contributed by atoms with Gasteiger partial charge in [-0.2, -0.15) is 0 Å². The molecular formula is C17H19IO2. The van der Waals surface area contributed by atoms with Gasteiger partial charge in [-0.1, -0.05) is 28.7 Å². The second-order valence-corrected chi connectivity index (χ2v) is 7.09. The smallest absolute Gasteiger partial charge is 0.158 e. The number of aromatic hydroxyl groups is 1. The Morgan fingerprint density at radius 3 is 2.95 bits per heavy atom. The fourth-order valence-corrected chi connectivity index (χ4v) is 4.33. The van der Waals surface area contributed by atoms with Crippen molar-refractivity contribution in [3.8, 4) is 5.75 Å². The van der Waals surface area contributed by atoms with Crippen LogP contribution in [0.5, 0.6) is 5.75 Å². The molecule has 1 aromatic rings. The topological polar surface area (TPSA) is 37.3 Å². The lowest BCUT2D eigenvalue weighted by Gasteiger charge is -2.35. The van der Waals surface area contributed by atoms with Gasteiger partial charge < -0.3 is 5.11 Å². The van der Waals surface area contributed by atoms with E-state index in [1.54, 1.807) is 6.07 Å². The molecule has 2 aliphatic carbocycles. The number of hydrogen-bond acceptors (Lipinski definition) is 2. The van der Waals surface area contributed by atoms with Crippen molar-refractivity contribution in [2.45, 2.75) is 39.0 Å². The number of phenols is 1. The summed E-state index contributed by atoms with van der Waals surface area (Å²) >= 11 is 2.43. The Hall–Kier alpha value is -0.840. The minimum Gasteiger partial charge on any atom is -0.508 e. The average Bonchev–Trinajstić information content (AvgIpc) is 2.75. The third-order valence-electron chi connectivity index (χ3n) is 4.83. The zero-order chi connectivity index (χ0) is 14.3. The van der Waals surface area contributed by atoms with Gasteiger partial charge in [0, 0.05) is 11.8 Å². The van der Waals surface area contributed by atoms with Gasteiger partial charge in [-0.05, 0) is 71.4 Å². The summed E-state index contributed by atoms with van der Waals surface area (Å²) in [6.07, 6.45) is 4.95. The van der Waals surface area contributed by atoms with Crippen molar-refractivity contribution >= 4 is 33.9 Å². The highest BCUT2D eigenvalue weighted by Crippen LogP contribution is 2.56. The van der Waals surface area contributed by atoms with Gasteiger partial charge >= 0.3 is 0 Å². The number of rotatable bonds is 3. The van der Waals surface area contributed by atoms with Gasteiger partial charge in [-0.3, -0.25) is 4.79 Å². The van der Waals surface area contributed by atoms with E-state index < -0.39 is 0 Å². The van der Waals surface area contributed by atoms with Crippen LogP contribution in [0.1, 0.15) is 43.7 Å². The lowest BCUT2D eigenvalue weighted by Crippen LogP contribution is -2.28. The van der Waals surface area contributed by atoms with Crippen LogP contribution in [0.4, 0.5) is 0 Å². The first-order chi connectivity index (χ1) is 9.57. The van der Waals surface area contributed by atoms with E-state index in [4.69, 9.17) is 0 Å². The van der Waals surface area contributed by atoms with Crippen LogP contribution in [0.3, 0.4) is 0 Å². The molecule has 0 aromatic heterocycles. The third-order valence-corrected chi connectivity index (χ3v) is 5.59. The summed E-state index contributed by atoms with van der Waals surface area (Å²) in [5.41, 5.74) is 4.77. The third kappa shape index (κ3) is 2.10. The van der Waals surface area contributed by atoms with Gasteiger partial charge in [-0.25, -0.2) is 0 Å². The Morgan fingerprint density at radius 1 is 1.40 bits per heavy atom. The normalized spacial score (nSPS) is 24.8. The summed E-state index contributed by atoms with van der Waals surface area (Å²) < 4.78 is 1.15. The highest BCUT2D eigenvalue weighted by molar-refractivity contribution is 14.1. The van der Waals surface area contributed by atoms with E-state index in [9.17, 15) is 9.90 Å². The van der Waals surface area contributed by atoms with Gasteiger partial charge in [0.25, 0.3) is 0 Å². The van der Waals surface area contributed by atoms with Crippen LogP contribution >= 0.6 is 22.6 Å². The molecule has 1 unspecified atom stereocenters. The number of phenolic OH excluding ortho intramolecular Hbond substituents is 1. The first kappa shape index (κ1) is 14.1. The lowest BCUT2D eigenvalue weighted by molar-refractivity contribution is -0.116. The molecule has 0 aliphatic heterocycles. The van der Waals surface area contributed by atoms with Crippen LogP contribution in [0.2, 0.25) is 0 Å². The van der Waals surface area contributed by atoms with E-state index in [0.717, 1.165) is 29.3 Å². The molecular weight excluding hydrogens is 363 g/mol. The minimum atomic E-state index is 0.138. The van der Waals surface area contributed by atoms with Crippen LogP contribution in [-0.4, -0.2) is 15.3 Å². The zero-order valence-electron chi connectivity index (χ0n) is 11.7. The largest absolute Gasteiger partial charge is 0.508 e. The lowest BCUT2D eigenvalue weighted by atomic mass is 9.67. The first-order valence-electron chi connectivity index (χ1n) is 7.20. The molecule has 3 heteroatoms. The van der Waals surface area contributed by atoms with Crippen LogP contribution in [0.15, 0.2) is 23.8 Å². The monoisotopic (exact) mass is 382 g/mol. The molecule has 2 nitrogen and oxygen atoms in total. The highest BCUT2D eigenvalue weighted by atomic mass is 127. The molecule has 0 amide bonds. The molecule has 2 aliphatic rings. The van der Waals surface area contributed by atoms with Gasteiger partial charge in [0.15, 0.2) is 5.78 Å². The van der Waals surface area contributed by atoms with Gasteiger partial charge in [0.05, 0.1) is 0 Å². The molecule has 20 heavy (non-hydrogen) atoms. The van der Waals surface area contributed by atoms with Crippen LogP contribution in [-0.2, 0) is 11.2 Å². The van der Waals surface area contributed by atoms with E-state index in [0.29, 0.717) is 18.0 Å². The van der Waals surface area contributed by atoms with Crippen molar-refractivity contribution < 1.29 is 9.90 Å². The van der Waals surface area contributed by atoms with Crippen molar-refractivity contribution in [2.75, 3.05) is 4.43 Å². The van der Waals surface area contributed by atoms with Gasteiger partial charge in [-0.15, -0.1) is 0 Å². The molecule has 106 valence electrons. The fourth-order valence-electron chi connectivity index (χ4n) is 3.95. The molecule has 0 radical (unpaired) electrons. The SMILES string of the molecule is CC1=C2c3ccc(O)cc3CC2(CCCI)CCC1=O. The Kier molecular flexibility index (Phi) is 3.65. The highest BCUT2D eigenvalue weighted by Gasteiger charge is 2.45. The maximum Gasteiger partial charge on any atom is 0.158 e. The van der Waals surface area contributed by atoms with E-state index in [-0.39, 0.29) is 5.41 Å². The van der Waals surface area contributed by atoms with E-state index in [1.165, 1.54) is 23.1 Å². The van der Waals surface area contributed by atoms with E-state index in [1.807, 2.05) is 19.1 Å². The predicted molar refractivity (Wildman–Crippen MR) is 89.2 cm³/mol.